The van der Waals surface area contributed by atoms with Gasteiger partial charge in [-0.05, 0) is 81.0 Å². The average molecular weight is 645 g/mol. The number of hydrogen-bond donors (Lipinski definition) is 0. The lowest BCUT2D eigenvalue weighted by atomic mass is 9.78. The predicted octanol–water partition coefficient (Wildman–Crippen LogP) is 7.35. The molecule has 2 aliphatic heterocycles. The first-order valence-corrected chi connectivity index (χ1v) is 16.5. The third kappa shape index (κ3) is 8.68. The van der Waals surface area contributed by atoms with Crippen LogP contribution in [0.2, 0.25) is 5.02 Å². The van der Waals surface area contributed by atoms with E-state index in [-0.39, 0.29) is 11.5 Å². The second-order valence-corrected chi connectivity index (χ2v) is 14.2. The molecule has 2 saturated heterocycles. The van der Waals surface area contributed by atoms with Gasteiger partial charge in [0, 0.05) is 62.4 Å². The van der Waals surface area contributed by atoms with Gasteiger partial charge in [-0.1, -0.05) is 43.6 Å². The number of hydrogen-bond acceptors (Lipinski definition) is 7. The highest BCUT2D eigenvalue weighted by Gasteiger charge is 2.29. The number of anilines is 1. The quantitative estimate of drug-likeness (QED) is 0.237. The number of benzene rings is 2. The summed E-state index contributed by atoms with van der Waals surface area (Å²) in [6.07, 6.45) is 3.78. The Balaban J connectivity index is 1.08. The van der Waals surface area contributed by atoms with Crippen LogP contribution in [0, 0.1) is 12.5 Å². The van der Waals surface area contributed by atoms with Gasteiger partial charge in [0.1, 0.15) is 18.0 Å². The predicted molar refractivity (Wildman–Crippen MR) is 182 cm³/mol. The van der Waals surface area contributed by atoms with Crippen LogP contribution >= 0.6 is 11.6 Å². The number of rotatable bonds is 8. The van der Waals surface area contributed by atoms with Gasteiger partial charge in [0.25, 0.3) is 0 Å². The lowest BCUT2D eigenvalue weighted by Crippen LogP contribution is -2.51. The molecule has 0 aliphatic carbocycles. The molecule has 0 N–H and O–H groups in total. The van der Waals surface area contributed by atoms with Gasteiger partial charge < -0.3 is 19.3 Å². The Morgan fingerprint density at radius 3 is 2.30 bits per heavy atom. The summed E-state index contributed by atoms with van der Waals surface area (Å²) >= 11 is 6.28. The van der Waals surface area contributed by atoms with Crippen LogP contribution in [0.5, 0.6) is 5.75 Å². The standard InChI is InChI=1S/C36H45ClN6O3/c1-35(2,3)46-34(44)43-19-17-41(18-20-43)24-26-12-15-42(16-13-26)33-39-14-11-30(40-33)25-45-32-9-7-27(8-10-32)36(4,5)28-21-29(37)23-31(22-28)38-6/h7-11,14,21-23,26H,12-13,15-20,24-25H2,1-5H3. The van der Waals surface area contributed by atoms with Crippen molar-refractivity contribution in [3.8, 4) is 5.75 Å². The number of piperazine rings is 1. The van der Waals surface area contributed by atoms with Gasteiger partial charge in [-0.15, -0.1) is 0 Å². The van der Waals surface area contributed by atoms with Crippen LogP contribution < -0.4 is 9.64 Å². The Labute approximate surface area is 278 Å². The largest absolute Gasteiger partial charge is 0.487 e. The smallest absolute Gasteiger partial charge is 0.410 e. The fourth-order valence-electron chi connectivity index (χ4n) is 6.03. The lowest BCUT2D eigenvalue weighted by Gasteiger charge is -2.39. The van der Waals surface area contributed by atoms with E-state index < -0.39 is 5.60 Å². The molecule has 0 bridgehead atoms. The van der Waals surface area contributed by atoms with Gasteiger partial charge in [0.2, 0.25) is 5.95 Å². The number of carbonyl (C=O) groups excluding carboxylic acids is 1. The fraction of sp³-hybridized carbons (Fsp3) is 0.500. The van der Waals surface area contributed by atoms with Gasteiger partial charge >= 0.3 is 6.09 Å². The van der Waals surface area contributed by atoms with Crippen LogP contribution in [0.3, 0.4) is 0 Å². The van der Waals surface area contributed by atoms with Gasteiger partial charge in [-0.25, -0.2) is 19.6 Å². The molecule has 0 radical (unpaired) electrons. The first-order chi connectivity index (χ1) is 21.9. The van der Waals surface area contributed by atoms with Gasteiger partial charge in [0.15, 0.2) is 5.69 Å². The Hall–Kier alpha value is -3.87. The van der Waals surface area contributed by atoms with Crippen LogP contribution in [0.15, 0.2) is 54.7 Å². The second kappa shape index (κ2) is 14.3. The van der Waals surface area contributed by atoms with Gasteiger partial charge in [0.05, 0.1) is 12.3 Å². The second-order valence-electron chi connectivity index (χ2n) is 13.8. The minimum Gasteiger partial charge on any atom is -0.487 e. The summed E-state index contributed by atoms with van der Waals surface area (Å²) in [7, 11) is 0. The molecule has 5 rings (SSSR count). The minimum atomic E-state index is -0.464. The normalized spacial score (nSPS) is 16.6. The first-order valence-electron chi connectivity index (χ1n) is 16.1. The number of ether oxygens (including phenoxy) is 2. The van der Waals surface area contributed by atoms with E-state index in [1.54, 1.807) is 6.07 Å². The van der Waals surface area contributed by atoms with E-state index in [0.717, 1.165) is 74.1 Å². The molecular formula is C36H45ClN6O3. The SMILES string of the molecule is [C-]#[N+]c1cc(Cl)cc(C(C)(C)c2ccc(OCc3ccnc(N4CCC(CN5CCN(C(=O)OC(C)(C)C)CC5)CC4)n3)cc2)c1. The van der Waals surface area contributed by atoms with E-state index in [9.17, 15) is 4.79 Å². The summed E-state index contributed by atoms with van der Waals surface area (Å²) in [4.78, 5) is 31.9. The molecule has 2 aromatic carbocycles. The molecule has 1 aromatic heterocycles. The Morgan fingerprint density at radius 2 is 1.65 bits per heavy atom. The number of nitrogens with zero attached hydrogens (tertiary/aromatic N) is 6. The zero-order valence-corrected chi connectivity index (χ0v) is 28.4. The van der Waals surface area contributed by atoms with Crippen molar-refractivity contribution in [3.63, 3.8) is 0 Å². The summed E-state index contributed by atoms with van der Waals surface area (Å²) in [6.45, 7) is 23.8. The van der Waals surface area contributed by atoms with E-state index in [2.05, 4.69) is 45.6 Å². The summed E-state index contributed by atoms with van der Waals surface area (Å²) in [5, 5.41) is 0.567. The molecule has 3 aromatic rings. The summed E-state index contributed by atoms with van der Waals surface area (Å²) in [5.74, 6) is 2.14. The molecule has 1 amide bonds. The third-order valence-corrected chi connectivity index (χ3v) is 9.05. The average Bonchev–Trinajstić information content (AvgIpc) is 3.03. The Kier molecular flexibility index (Phi) is 10.4. The van der Waals surface area contributed by atoms with Crippen LogP contribution in [0.25, 0.3) is 4.85 Å². The number of amides is 1. The molecule has 0 atom stereocenters. The van der Waals surface area contributed by atoms with E-state index >= 15 is 0 Å². The number of carbonyl (C=O) groups is 1. The lowest BCUT2D eigenvalue weighted by molar-refractivity contribution is 0.0130. The Morgan fingerprint density at radius 1 is 0.957 bits per heavy atom. The number of halogens is 1. The monoisotopic (exact) mass is 644 g/mol. The van der Waals surface area contributed by atoms with Crippen molar-refractivity contribution < 1.29 is 14.3 Å². The van der Waals surface area contributed by atoms with Crippen molar-refractivity contribution in [1.29, 1.82) is 0 Å². The topological polar surface area (TPSA) is 75.4 Å². The fourth-order valence-corrected chi connectivity index (χ4v) is 6.26. The number of piperidine rings is 1. The molecule has 10 heteroatoms. The summed E-state index contributed by atoms with van der Waals surface area (Å²) < 4.78 is 11.6. The van der Waals surface area contributed by atoms with E-state index in [4.69, 9.17) is 32.6 Å². The highest BCUT2D eigenvalue weighted by Crippen LogP contribution is 2.36. The summed E-state index contributed by atoms with van der Waals surface area (Å²) in [6, 6.07) is 15.5. The molecule has 0 unspecified atom stereocenters. The molecule has 0 saturated carbocycles. The Bertz CT molecular complexity index is 1530. The van der Waals surface area contributed by atoms with Gasteiger partial charge in [-0.3, -0.25) is 4.90 Å². The molecule has 244 valence electrons. The summed E-state index contributed by atoms with van der Waals surface area (Å²) in [5.41, 5.74) is 2.69. The van der Waals surface area contributed by atoms with Crippen molar-refractivity contribution in [2.45, 2.75) is 65.1 Å². The van der Waals surface area contributed by atoms with Crippen LogP contribution in [-0.4, -0.2) is 77.3 Å². The zero-order chi connectivity index (χ0) is 32.9. The molecule has 46 heavy (non-hydrogen) atoms. The maximum absolute atomic E-state index is 12.4. The van der Waals surface area contributed by atoms with E-state index in [1.807, 2.05) is 62.2 Å². The van der Waals surface area contributed by atoms with E-state index in [0.29, 0.717) is 36.3 Å². The van der Waals surface area contributed by atoms with Gasteiger partial charge in [-0.2, -0.15) is 0 Å². The zero-order valence-electron chi connectivity index (χ0n) is 27.6. The van der Waals surface area contributed by atoms with Crippen molar-refractivity contribution in [2.24, 2.45) is 5.92 Å². The molecule has 9 nitrogen and oxygen atoms in total. The first kappa shape index (κ1) is 33.5. The maximum atomic E-state index is 12.4. The van der Waals surface area contributed by atoms with Crippen molar-refractivity contribution in [3.05, 3.63) is 88.0 Å². The highest BCUT2D eigenvalue weighted by atomic mass is 35.5. The van der Waals surface area contributed by atoms with Crippen molar-refractivity contribution in [2.75, 3.05) is 50.7 Å². The maximum Gasteiger partial charge on any atom is 0.410 e. The molecule has 3 heterocycles. The number of aromatic nitrogens is 2. The third-order valence-electron chi connectivity index (χ3n) is 8.83. The molecule has 2 fully saturated rings. The minimum absolute atomic E-state index is 0.211. The van der Waals surface area contributed by atoms with Crippen LogP contribution in [0.1, 0.15) is 64.3 Å². The molecular weight excluding hydrogens is 600 g/mol. The van der Waals surface area contributed by atoms with Crippen LogP contribution in [0.4, 0.5) is 16.4 Å². The van der Waals surface area contributed by atoms with E-state index in [1.165, 1.54) is 0 Å². The van der Waals surface area contributed by atoms with Crippen LogP contribution in [-0.2, 0) is 16.8 Å². The molecule has 2 aliphatic rings. The highest BCUT2D eigenvalue weighted by molar-refractivity contribution is 6.31. The molecule has 0 spiro atoms. The van der Waals surface area contributed by atoms with Crippen molar-refractivity contribution in [1.82, 2.24) is 19.8 Å². The van der Waals surface area contributed by atoms with Crippen molar-refractivity contribution >= 4 is 29.3 Å².